The van der Waals surface area contributed by atoms with Crippen molar-refractivity contribution in [2.24, 2.45) is 0 Å². The number of ketones is 1. The highest BCUT2D eigenvalue weighted by Crippen LogP contribution is 2.03. The Labute approximate surface area is 102 Å². The van der Waals surface area contributed by atoms with Crippen molar-refractivity contribution in [1.29, 1.82) is 0 Å². The Hall–Kier alpha value is -1.63. The first kappa shape index (κ1) is 15.4. The van der Waals surface area contributed by atoms with Gasteiger partial charge in [-0.05, 0) is 0 Å². The third-order valence-corrected chi connectivity index (χ3v) is 1.83. The SMILES string of the molecule is COC(=O)CC(=O)C(OC(=O)CCl)C(=O)OC. The first-order chi connectivity index (χ1) is 7.96. The third kappa shape index (κ3) is 5.30. The minimum atomic E-state index is -1.80. The molecule has 0 saturated heterocycles. The first-order valence-corrected chi connectivity index (χ1v) is 4.92. The summed E-state index contributed by atoms with van der Waals surface area (Å²) in [5.41, 5.74) is 0. The molecule has 0 N–H and O–H groups in total. The van der Waals surface area contributed by atoms with Crippen molar-refractivity contribution in [3.05, 3.63) is 0 Å². The van der Waals surface area contributed by atoms with Crippen molar-refractivity contribution < 1.29 is 33.4 Å². The van der Waals surface area contributed by atoms with Crippen LogP contribution in [-0.2, 0) is 33.4 Å². The Morgan fingerprint density at radius 3 is 2.06 bits per heavy atom. The maximum absolute atomic E-state index is 11.4. The van der Waals surface area contributed by atoms with Gasteiger partial charge >= 0.3 is 17.9 Å². The van der Waals surface area contributed by atoms with Gasteiger partial charge in [-0.1, -0.05) is 0 Å². The van der Waals surface area contributed by atoms with Crippen LogP contribution in [0.4, 0.5) is 0 Å². The zero-order valence-corrected chi connectivity index (χ0v) is 9.98. The standard InChI is InChI=1S/C9H11ClO7/c1-15-6(12)3-5(11)8(9(14)16-2)17-7(13)4-10/h8H,3-4H2,1-2H3. The maximum atomic E-state index is 11.4. The molecule has 7 nitrogen and oxygen atoms in total. The molecule has 0 aromatic rings. The number of alkyl halides is 1. The summed E-state index contributed by atoms with van der Waals surface area (Å²) in [7, 11) is 2.09. The summed E-state index contributed by atoms with van der Waals surface area (Å²) in [6, 6.07) is 0. The minimum absolute atomic E-state index is 0.529. The van der Waals surface area contributed by atoms with Crippen molar-refractivity contribution >= 4 is 35.3 Å². The fourth-order valence-electron chi connectivity index (χ4n) is 0.822. The van der Waals surface area contributed by atoms with Crippen molar-refractivity contribution in [1.82, 2.24) is 0 Å². The zero-order valence-electron chi connectivity index (χ0n) is 9.23. The van der Waals surface area contributed by atoms with Crippen LogP contribution >= 0.6 is 11.6 Å². The molecule has 0 radical (unpaired) electrons. The molecule has 0 aromatic carbocycles. The lowest BCUT2D eigenvalue weighted by Gasteiger charge is -2.13. The van der Waals surface area contributed by atoms with E-state index in [4.69, 9.17) is 11.6 Å². The van der Waals surface area contributed by atoms with E-state index in [9.17, 15) is 19.2 Å². The second kappa shape index (κ2) is 7.61. The number of hydrogen-bond donors (Lipinski definition) is 0. The molecule has 1 atom stereocenters. The van der Waals surface area contributed by atoms with Crippen LogP contribution in [-0.4, -0.2) is 49.9 Å². The van der Waals surface area contributed by atoms with E-state index in [1.54, 1.807) is 0 Å². The summed E-state index contributed by atoms with van der Waals surface area (Å²) in [5, 5.41) is 0. The van der Waals surface area contributed by atoms with E-state index in [-0.39, 0.29) is 0 Å². The van der Waals surface area contributed by atoms with Gasteiger partial charge in [0.15, 0.2) is 5.78 Å². The van der Waals surface area contributed by atoms with Gasteiger partial charge in [0, 0.05) is 0 Å². The van der Waals surface area contributed by atoms with Gasteiger partial charge in [0.25, 0.3) is 6.10 Å². The van der Waals surface area contributed by atoms with Gasteiger partial charge in [-0.2, -0.15) is 0 Å². The molecule has 0 aliphatic carbocycles. The van der Waals surface area contributed by atoms with E-state index in [1.807, 2.05) is 0 Å². The second-order valence-corrected chi connectivity index (χ2v) is 3.01. The Kier molecular flexibility index (Phi) is 6.88. The van der Waals surface area contributed by atoms with Crippen LogP contribution in [0.25, 0.3) is 0 Å². The summed E-state index contributed by atoms with van der Waals surface area (Å²) >= 11 is 5.15. The van der Waals surface area contributed by atoms with Gasteiger partial charge in [-0.25, -0.2) is 4.79 Å². The lowest BCUT2D eigenvalue weighted by Crippen LogP contribution is -2.37. The lowest BCUT2D eigenvalue weighted by atomic mass is 10.1. The van der Waals surface area contributed by atoms with E-state index < -0.39 is 42.1 Å². The molecule has 17 heavy (non-hydrogen) atoms. The second-order valence-electron chi connectivity index (χ2n) is 2.75. The van der Waals surface area contributed by atoms with E-state index in [2.05, 4.69) is 14.2 Å². The topological polar surface area (TPSA) is 96.0 Å². The summed E-state index contributed by atoms with van der Waals surface area (Å²) in [4.78, 5) is 44.3. The van der Waals surface area contributed by atoms with Crippen LogP contribution in [0, 0.1) is 0 Å². The number of hydrogen-bond acceptors (Lipinski definition) is 7. The summed E-state index contributed by atoms with van der Waals surface area (Å²) in [6.07, 6.45) is -2.50. The lowest BCUT2D eigenvalue weighted by molar-refractivity contribution is -0.169. The first-order valence-electron chi connectivity index (χ1n) is 4.39. The average molecular weight is 267 g/mol. The zero-order chi connectivity index (χ0) is 13.4. The Bertz CT molecular complexity index is 325. The van der Waals surface area contributed by atoms with Gasteiger partial charge in [-0.3, -0.25) is 14.4 Å². The van der Waals surface area contributed by atoms with Gasteiger partial charge < -0.3 is 14.2 Å². The van der Waals surface area contributed by atoms with Crippen LogP contribution in [0.1, 0.15) is 6.42 Å². The molecule has 0 aromatic heterocycles. The molecule has 0 heterocycles. The monoisotopic (exact) mass is 266 g/mol. The number of Topliss-reactive ketones (excluding diaryl/α,β-unsaturated/α-hetero) is 1. The van der Waals surface area contributed by atoms with Crippen LogP contribution < -0.4 is 0 Å². The van der Waals surface area contributed by atoms with Crippen molar-refractivity contribution in [2.75, 3.05) is 20.1 Å². The average Bonchev–Trinajstić information content (AvgIpc) is 2.33. The molecular weight excluding hydrogens is 256 g/mol. The van der Waals surface area contributed by atoms with Crippen molar-refractivity contribution in [3.63, 3.8) is 0 Å². The summed E-state index contributed by atoms with van der Waals surface area (Å²) < 4.78 is 13.0. The molecular formula is C9H11ClO7. The fourth-order valence-corrected chi connectivity index (χ4v) is 0.885. The predicted molar refractivity (Wildman–Crippen MR) is 54.3 cm³/mol. The highest BCUT2D eigenvalue weighted by Gasteiger charge is 2.32. The number of carbonyl (C=O) groups excluding carboxylic acids is 4. The summed E-state index contributed by atoms with van der Waals surface area (Å²) in [6.45, 7) is 0. The number of carbonyl (C=O) groups is 4. The van der Waals surface area contributed by atoms with Crippen LogP contribution in [0.5, 0.6) is 0 Å². The molecule has 0 fully saturated rings. The fraction of sp³-hybridized carbons (Fsp3) is 0.556. The number of methoxy groups -OCH3 is 2. The molecule has 1 unspecified atom stereocenters. The Morgan fingerprint density at radius 1 is 1.06 bits per heavy atom. The quantitative estimate of drug-likeness (QED) is 0.275. The van der Waals surface area contributed by atoms with Crippen LogP contribution in [0.15, 0.2) is 0 Å². The van der Waals surface area contributed by atoms with Crippen LogP contribution in [0.3, 0.4) is 0 Å². The molecule has 0 rings (SSSR count). The highest BCUT2D eigenvalue weighted by molar-refractivity contribution is 6.26. The molecule has 0 aliphatic rings. The predicted octanol–water partition coefficient (Wildman–Crippen LogP) is -0.558. The normalized spacial score (nSPS) is 11.2. The van der Waals surface area contributed by atoms with Crippen LogP contribution in [0.2, 0.25) is 0 Å². The van der Waals surface area contributed by atoms with Gasteiger partial charge in [0.1, 0.15) is 12.3 Å². The molecule has 0 bridgehead atoms. The summed E-state index contributed by atoms with van der Waals surface area (Å²) in [5.74, 6) is -4.38. The third-order valence-electron chi connectivity index (χ3n) is 1.61. The molecule has 8 heteroatoms. The smallest absolute Gasteiger partial charge is 0.355 e. The maximum Gasteiger partial charge on any atom is 0.355 e. The molecule has 0 amide bonds. The Balaban J connectivity index is 4.68. The minimum Gasteiger partial charge on any atom is -0.469 e. The molecule has 0 spiro atoms. The van der Waals surface area contributed by atoms with Gasteiger partial charge in [0.2, 0.25) is 0 Å². The molecule has 96 valence electrons. The number of halogens is 1. The largest absolute Gasteiger partial charge is 0.469 e. The highest BCUT2D eigenvalue weighted by atomic mass is 35.5. The van der Waals surface area contributed by atoms with E-state index in [0.717, 1.165) is 14.2 Å². The number of ether oxygens (including phenoxy) is 3. The van der Waals surface area contributed by atoms with Gasteiger partial charge in [-0.15, -0.1) is 11.6 Å². The van der Waals surface area contributed by atoms with E-state index in [1.165, 1.54) is 0 Å². The molecule has 0 saturated carbocycles. The Morgan fingerprint density at radius 2 is 1.65 bits per heavy atom. The van der Waals surface area contributed by atoms with E-state index in [0.29, 0.717) is 0 Å². The van der Waals surface area contributed by atoms with Gasteiger partial charge in [0.05, 0.1) is 14.2 Å². The van der Waals surface area contributed by atoms with E-state index >= 15 is 0 Å². The van der Waals surface area contributed by atoms with Crippen molar-refractivity contribution in [2.45, 2.75) is 12.5 Å². The number of rotatable bonds is 6. The number of esters is 3. The van der Waals surface area contributed by atoms with Crippen molar-refractivity contribution in [3.8, 4) is 0 Å². The molecule has 0 aliphatic heterocycles.